The van der Waals surface area contributed by atoms with Gasteiger partial charge in [-0.15, -0.1) is 0 Å². The van der Waals surface area contributed by atoms with Crippen LogP contribution in [0.1, 0.15) is 205 Å². The smallest absolute Gasteiger partial charge is 0.229 e. The largest absolute Gasteiger partial charge is 0.354 e. The molecular weight excluding hydrogens is 685 g/mol. The Morgan fingerprint density at radius 1 is 0.545 bits per heavy atom. The number of aromatic nitrogens is 3. The van der Waals surface area contributed by atoms with Crippen LogP contribution in [0.25, 0.3) is 0 Å². The van der Waals surface area contributed by atoms with E-state index >= 15 is 0 Å². The van der Waals surface area contributed by atoms with Crippen molar-refractivity contribution in [1.82, 2.24) is 25.1 Å². The highest BCUT2D eigenvalue weighted by Gasteiger charge is 2.50. The first-order valence-corrected chi connectivity index (χ1v) is 23.0. The van der Waals surface area contributed by atoms with Crippen LogP contribution in [0, 0.1) is 11.8 Å². The predicted octanol–water partition coefficient (Wildman–Crippen LogP) is 11.3. The number of hydrogen-bond donors (Lipinski definition) is 3. The standard InChI is InChI=1S/C45H84N8O2/c1-12-15-28-46-39-49-40(47-37(22-13-2)33-29-42(4,5)52(43(6,7)30-33)54-35-24-18-16-19-25-35)51-41(50-39)48-38(23-14-3)34-31-44(8,9)53(45(10,11)32-34)55-36-26-20-17-21-27-36/h33-38H,12-32H2,1-11H3,(H3,46,47,48,49,50,51). The van der Waals surface area contributed by atoms with Crippen LogP contribution in [0.2, 0.25) is 0 Å². The molecule has 2 saturated carbocycles. The molecule has 10 heteroatoms. The molecule has 2 unspecified atom stereocenters. The molecule has 316 valence electrons. The van der Waals surface area contributed by atoms with Gasteiger partial charge in [0.2, 0.25) is 17.8 Å². The lowest BCUT2D eigenvalue weighted by atomic mass is 9.71. The average Bonchev–Trinajstić information content (AvgIpc) is 3.11. The molecular formula is C45H84N8O2. The van der Waals surface area contributed by atoms with Crippen molar-refractivity contribution in [2.75, 3.05) is 22.5 Å². The molecule has 5 rings (SSSR count). The third-order valence-electron chi connectivity index (χ3n) is 13.3. The first kappa shape index (κ1) is 44.4. The van der Waals surface area contributed by atoms with Gasteiger partial charge >= 0.3 is 0 Å². The van der Waals surface area contributed by atoms with Gasteiger partial charge in [0.1, 0.15) is 0 Å². The number of anilines is 3. The molecule has 2 aliphatic carbocycles. The number of nitrogens with one attached hydrogen (secondary N) is 3. The van der Waals surface area contributed by atoms with Crippen molar-refractivity contribution in [2.45, 2.75) is 251 Å². The molecule has 1 aromatic rings. The molecule has 2 atom stereocenters. The van der Waals surface area contributed by atoms with Gasteiger partial charge in [0.15, 0.2) is 0 Å². The van der Waals surface area contributed by atoms with Crippen molar-refractivity contribution in [2.24, 2.45) is 11.8 Å². The zero-order valence-corrected chi connectivity index (χ0v) is 37.4. The van der Waals surface area contributed by atoms with E-state index in [1.54, 1.807) is 0 Å². The molecule has 3 N–H and O–H groups in total. The van der Waals surface area contributed by atoms with Gasteiger partial charge in [-0.3, -0.25) is 9.68 Å². The fraction of sp³-hybridized carbons (Fsp3) is 0.933. The summed E-state index contributed by atoms with van der Waals surface area (Å²) in [4.78, 5) is 29.0. The van der Waals surface area contributed by atoms with E-state index in [9.17, 15) is 0 Å². The number of unbranched alkanes of at least 4 members (excludes halogenated alkanes) is 1. The van der Waals surface area contributed by atoms with Crippen LogP contribution in [-0.2, 0) is 9.68 Å². The summed E-state index contributed by atoms with van der Waals surface area (Å²) in [5.74, 6) is 2.93. The summed E-state index contributed by atoms with van der Waals surface area (Å²) in [5.41, 5.74) is -0.325. The van der Waals surface area contributed by atoms with Gasteiger partial charge in [-0.1, -0.05) is 78.6 Å². The van der Waals surface area contributed by atoms with Gasteiger partial charge < -0.3 is 16.0 Å². The Morgan fingerprint density at radius 3 is 1.25 bits per heavy atom. The van der Waals surface area contributed by atoms with Crippen molar-refractivity contribution in [3.63, 3.8) is 0 Å². The van der Waals surface area contributed by atoms with E-state index in [0.717, 1.165) is 70.8 Å². The molecule has 0 bridgehead atoms. The average molecular weight is 769 g/mol. The molecule has 4 aliphatic rings. The molecule has 2 aliphatic heterocycles. The van der Waals surface area contributed by atoms with Gasteiger partial charge in [-0.05, 0) is 138 Å². The zero-order valence-electron chi connectivity index (χ0n) is 37.4. The van der Waals surface area contributed by atoms with Crippen LogP contribution in [0.15, 0.2) is 0 Å². The Balaban J connectivity index is 1.35. The Morgan fingerprint density at radius 2 is 0.909 bits per heavy atom. The third kappa shape index (κ3) is 11.9. The number of hydroxylamine groups is 4. The van der Waals surface area contributed by atoms with Crippen molar-refractivity contribution in [3.05, 3.63) is 0 Å². The van der Waals surface area contributed by atoms with Crippen LogP contribution < -0.4 is 16.0 Å². The van der Waals surface area contributed by atoms with E-state index in [1.165, 1.54) is 64.2 Å². The third-order valence-corrected chi connectivity index (χ3v) is 13.3. The second kappa shape index (κ2) is 19.3. The topological polar surface area (TPSA) is 99.7 Å². The van der Waals surface area contributed by atoms with Crippen LogP contribution in [0.4, 0.5) is 17.8 Å². The molecule has 3 heterocycles. The van der Waals surface area contributed by atoms with Crippen molar-refractivity contribution in [1.29, 1.82) is 0 Å². The van der Waals surface area contributed by atoms with Crippen LogP contribution >= 0.6 is 0 Å². The van der Waals surface area contributed by atoms with E-state index in [0.29, 0.717) is 41.9 Å². The highest BCUT2D eigenvalue weighted by Crippen LogP contribution is 2.47. The van der Waals surface area contributed by atoms with Crippen LogP contribution in [0.5, 0.6) is 0 Å². The second-order valence-corrected chi connectivity index (χ2v) is 20.6. The van der Waals surface area contributed by atoms with E-state index < -0.39 is 0 Å². The van der Waals surface area contributed by atoms with Gasteiger partial charge in [-0.2, -0.15) is 25.1 Å². The molecule has 1 aromatic heterocycles. The highest BCUT2D eigenvalue weighted by atomic mass is 16.7. The number of piperidine rings is 2. The lowest BCUT2D eigenvalue weighted by molar-refractivity contribution is -0.314. The summed E-state index contributed by atoms with van der Waals surface area (Å²) in [7, 11) is 0. The maximum absolute atomic E-state index is 6.87. The number of rotatable bonds is 18. The van der Waals surface area contributed by atoms with Gasteiger partial charge in [0.25, 0.3) is 0 Å². The summed E-state index contributed by atoms with van der Waals surface area (Å²) >= 11 is 0. The molecule has 2 saturated heterocycles. The zero-order chi connectivity index (χ0) is 39.9. The van der Waals surface area contributed by atoms with E-state index in [4.69, 9.17) is 24.6 Å². The summed E-state index contributed by atoms with van der Waals surface area (Å²) in [6.07, 6.45) is 24.0. The van der Waals surface area contributed by atoms with E-state index in [1.807, 2.05) is 0 Å². The molecule has 4 fully saturated rings. The lowest BCUT2D eigenvalue weighted by Gasteiger charge is -2.56. The minimum Gasteiger partial charge on any atom is -0.354 e. The predicted molar refractivity (Wildman–Crippen MR) is 229 cm³/mol. The molecule has 0 aromatic carbocycles. The Kier molecular flexibility index (Phi) is 15.6. The van der Waals surface area contributed by atoms with Gasteiger partial charge in [0.05, 0.1) is 12.2 Å². The minimum atomic E-state index is -0.0812. The second-order valence-electron chi connectivity index (χ2n) is 20.6. The Hall–Kier alpha value is -1.75. The van der Waals surface area contributed by atoms with E-state index in [2.05, 4.69) is 102 Å². The van der Waals surface area contributed by atoms with Crippen LogP contribution in [0.3, 0.4) is 0 Å². The SMILES string of the molecule is CCCCNc1nc(NC(CCC)C2CC(C)(C)N(OC3CCCCC3)C(C)(C)C2)nc(NC(CCC)C2CC(C)(C)N(OC3CCCCC3)C(C)(C)C2)n1. The molecule has 0 amide bonds. The maximum atomic E-state index is 6.87. The monoisotopic (exact) mass is 769 g/mol. The number of hydrogen-bond acceptors (Lipinski definition) is 10. The fourth-order valence-corrected chi connectivity index (χ4v) is 11.2. The first-order valence-electron chi connectivity index (χ1n) is 23.0. The Bertz CT molecular complexity index is 1180. The first-order chi connectivity index (χ1) is 26.1. The van der Waals surface area contributed by atoms with Crippen LogP contribution in [-0.4, -0.2) is 78.1 Å². The van der Waals surface area contributed by atoms with Crippen molar-refractivity contribution < 1.29 is 9.68 Å². The van der Waals surface area contributed by atoms with E-state index in [-0.39, 0.29) is 34.2 Å². The molecule has 55 heavy (non-hydrogen) atoms. The summed E-state index contributed by atoms with van der Waals surface area (Å²) in [5, 5.41) is 16.2. The van der Waals surface area contributed by atoms with Gasteiger partial charge in [-0.25, -0.2) is 0 Å². The highest BCUT2D eigenvalue weighted by molar-refractivity contribution is 5.43. The normalized spacial score (nSPS) is 25.4. The quantitative estimate of drug-likeness (QED) is 0.125. The lowest BCUT2D eigenvalue weighted by Crippen LogP contribution is -2.63. The van der Waals surface area contributed by atoms with Crippen molar-refractivity contribution in [3.8, 4) is 0 Å². The summed E-state index contributed by atoms with van der Waals surface area (Å²) in [6, 6.07) is 0.501. The fourth-order valence-electron chi connectivity index (χ4n) is 11.2. The maximum Gasteiger partial charge on any atom is 0.229 e. The molecule has 0 spiro atoms. The Labute approximate surface area is 337 Å². The molecule has 10 nitrogen and oxygen atoms in total. The summed E-state index contributed by atoms with van der Waals surface area (Å²) in [6.45, 7) is 26.8. The van der Waals surface area contributed by atoms with Crippen molar-refractivity contribution >= 4 is 17.8 Å². The van der Waals surface area contributed by atoms with Gasteiger partial charge in [0, 0.05) is 40.8 Å². The molecule has 0 radical (unpaired) electrons. The number of nitrogens with zero attached hydrogens (tertiary/aromatic N) is 5. The minimum absolute atomic E-state index is 0.0812. The summed E-state index contributed by atoms with van der Waals surface area (Å²) < 4.78 is 0.